The molecule has 0 unspecified atom stereocenters. The van der Waals surface area contributed by atoms with E-state index >= 15 is 0 Å². The number of hydrogen-bond acceptors (Lipinski definition) is 0. The molecule has 0 amide bonds. The van der Waals surface area contributed by atoms with Crippen molar-refractivity contribution in [2.24, 2.45) is 0 Å². The van der Waals surface area contributed by atoms with Gasteiger partial charge in [0.05, 0.1) is 22.1 Å². The van der Waals surface area contributed by atoms with Crippen LogP contribution in [0.4, 0.5) is 0 Å². The van der Waals surface area contributed by atoms with E-state index in [4.69, 9.17) is 0 Å². The first-order chi connectivity index (χ1) is 30.7. The summed E-state index contributed by atoms with van der Waals surface area (Å²) >= 11 is 0. The van der Waals surface area contributed by atoms with E-state index in [9.17, 15) is 0 Å². The van der Waals surface area contributed by atoms with Gasteiger partial charge in [0.25, 0.3) is 0 Å². The van der Waals surface area contributed by atoms with Gasteiger partial charge < -0.3 is 9.13 Å². The fourth-order valence-electron chi connectivity index (χ4n) is 11.5. The minimum Gasteiger partial charge on any atom is -0.309 e. The Labute approximate surface area is 362 Å². The highest BCUT2D eigenvalue weighted by Gasteiger charge is 2.44. The van der Waals surface area contributed by atoms with Crippen molar-refractivity contribution < 1.29 is 0 Å². The van der Waals surface area contributed by atoms with Gasteiger partial charge >= 0.3 is 0 Å². The van der Waals surface area contributed by atoms with E-state index in [1.54, 1.807) is 0 Å². The topological polar surface area (TPSA) is 9.86 Å². The van der Waals surface area contributed by atoms with Crippen molar-refractivity contribution in [2.45, 2.75) is 37.5 Å². The first kappa shape index (κ1) is 35.3. The normalized spacial score (nSPS) is 14.3. The van der Waals surface area contributed by atoms with Crippen LogP contribution in [0.3, 0.4) is 0 Å². The molecule has 0 aliphatic heterocycles. The van der Waals surface area contributed by atoms with Gasteiger partial charge in [-0.3, -0.25) is 0 Å². The number of fused-ring (bicyclic) bond motifs is 11. The molecule has 0 N–H and O–H groups in total. The van der Waals surface area contributed by atoms with Crippen molar-refractivity contribution >= 4 is 43.6 Å². The molecule has 2 aliphatic carbocycles. The van der Waals surface area contributed by atoms with Gasteiger partial charge in [-0.1, -0.05) is 165 Å². The van der Waals surface area contributed by atoms with Crippen LogP contribution in [0.5, 0.6) is 0 Å². The molecule has 62 heavy (non-hydrogen) atoms. The first-order valence-corrected chi connectivity index (χ1v) is 22.3. The summed E-state index contributed by atoms with van der Waals surface area (Å²) in [6.07, 6.45) is 6.23. The molecule has 11 aromatic rings. The van der Waals surface area contributed by atoms with E-state index in [-0.39, 0.29) is 5.41 Å². The molecule has 0 radical (unpaired) electrons. The summed E-state index contributed by atoms with van der Waals surface area (Å²) in [5.74, 6) is 0. The molecule has 2 heteroatoms. The molecular formula is C60H44N2. The second kappa shape index (κ2) is 13.8. The van der Waals surface area contributed by atoms with E-state index in [0.29, 0.717) is 0 Å². The molecule has 13 rings (SSSR count). The molecule has 0 bridgehead atoms. The lowest BCUT2D eigenvalue weighted by molar-refractivity contribution is 0.353. The highest BCUT2D eigenvalue weighted by molar-refractivity contribution is 6.12. The van der Waals surface area contributed by atoms with Crippen molar-refractivity contribution in [2.75, 3.05) is 0 Å². The Bertz CT molecular complexity index is 3540. The van der Waals surface area contributed by atoms with E-state index < -0.39 is 0 Å². The average molecular weight is 793 g/mol. The number of rotatable bonds is 5. The minimum absolute atomic E-state index is 0.0339. The molecule has 294 valence electrons. The lowest BCUT2D eigenvalue weighted by atomic mass is 9.67. The molecule has 0 saturated heterocycles. The van der Waals surface area contributed by atoms with E-state index in [1.165, 1.54) is 143 Å². The number of benzene rings is 9. The maximum Gasteiger partial charge on any atom is 0.0547 e. The SMILES string of the molecule is c1ccc(-c2cccc(-n3c4ccccc4c4ccc(-c5ccc6c(c5)-c5cc7c(cc5C65CCCCC5)c5ccccc5n7-c5cccc(-c6ccccc6)c5)cc43)c2)cc1. The quantitative estimate of drug-likeness (QED) is 0.164. The third-order valence-corrected chi connectivity index (χ3v) is 14.3. The highest BCUT2D eigenvalue weighted by Crippen LogP contribution is 2.58. The summed E-state index contributed by atoms with van der Waals surface area (Å²) in [6.45, 7) is 0. The molecule has 0 atom stereocenters. The number of nitrogens with zero attached hydrogens (tertiary/aromatic N) is 2. The van der Waals surface area contributed by atoms with Crippen molar-refractivity contribution in [3.8, 4) is 55.9 Å². The molecule has 2 nitrogen and oxygen atoms in total. The molecule has 1 fully saturated rings. The van der Waals surface area contributed by atoms with Gasteiger partial charge in [-0.05, 0) is 129 Å². The van der Waals surface area contributed by atoms with Crippen molar-refractivity contribution in [1.82, 2.24) is 9.13 Å². The zero-order valence-corrected chi connectivity index (χ0v) is 34.6. The summed E-state index contributed by atoms with van der Waals surface area (Å²) in [6, 6.07) is 77.1. The van der Waals surface area contributed by atoms with Gasteiger partial charge in [-0.15, -0.1) is 0 Å². The lowest BCUT2D eigenvalue weighted by Crippen LogP contribution is -2.28. The predicted octanol–water partition coefficient (Wildman–Crippen LogP) is 16.1. The fraction of sp³-hybridized carbons (Fsp3) is 0.100. The van der Waals surface area contributed by atoms with Gasteiger partial charge in [0.1, 0.15) is 0 Å². The largest absolute Gasteiger partial charge is 0.309 e. The zero-order valence-electron chi connectivity index (χ0n) is 34.6. The number of hydrogen-bond donors (Lipinski definition) is 0. The Balaban J connectivity index is 1.01. The van der Waals surface area contributed by atoms with Crippen LogP contribution < -0.4 is 0 Å². The van der Waals surface area contributed by atoms with Gasteiger partial charge in [0, 0.05) is 38.3 Å². The second-order valence-corrected chi connectivity index (χ2v) is 17.6. The Morgan fingerprint density at radius 3 is 1.42 bits per heavy atom. The molecular weight excluding hydrogens is 749 g/mol. The van der Waals surface area contributed by atoms with Crippen LogP contribution in [-0.4, -0.2) is 9.13 Å². The lowest BCUT2D eigenvalue weighted by Gasteiger charge is -2.36. The van der Waals surface area contributed by atoms with Crippen LogP contribution >= 0.6 is 0 Å². The van der Waals surface area contributed by atoms with Gasteiger partial charge in [-0.2, -0.15) is 0 Å². The van der Waals surface area contributed by atoms with Gasteiger partial charge in [0.2, 0.25) is 0 Å². The van der Waals surface area contributed by atoms with Crippen LogP contribution in [0.25, 0.3) is 99.5 Å². The van der Waals surface area contributed by atoms with Crippen molar-refractivity contribution in [3.05, 3.63) is 217 Å². The minimum atomic E-state index is 0.0339. The number of para-hydroxylation sites is 2. The van der Waals surface area contributed by atoms with Crippen LogP contribution in [0.1, 0.15) is 43.2 Å². The second-order valence-electron chi connectivity index (χ2n) is 17.6. The molecule has 2 heterocycles. The third kappa shape index (κ3) is 5.29. The molecule has 2 aromatic heterocycles. The third-order valence-electron chi connectivity index (χ3n) is 14.3. The summed E-state index contributed by atoms with van der Waals surface area (Å²) in [5, 5.41) is 5.21. The van der Waals surface area contributed by atoms with Crippen LogP contribution in [0, 0.1) is 0 Å². The predicted molar refractivity (Wildman–Crippen MR) is 261 cm³/mol. The van der Waals surface area contributed by atoms with Crippen LogP contribution in [0.2, 0.25) is 0 Å². The smallest absolute Gasteiger partial charge is 0.0547 e. The molecule has 1 spiro atoms. The maximum atomic E-state index is 2.60. The first-order valence-electron chi connectivity index (χ1n) is 22.3. The Hall–Kier alpha value is -7.42. The summed E-state index contributed by atoms with van der Waals surface area (Å²) < 4.78 is 4.97. The van der Waals surface area contributed by atoms with Crippen molar-refractivity contribution in [3.63, 3.8) is 0 Å². The maximum absolute atomic E-state index is 2.60. The molecule has 1 saturated carbocycles. The van der Waals surface area contributed by atoms with Gasteiger partial charge in [-0.25, -0.2) is 0 Å². The van der Waals surface area contributed by atoms with Gasteiger partial charge in [0.15, 0.2) is 0 Å². The zero-order chi connectivity index (χ0) is 40.8. The Kier molecular flexibility index (Phi) is 7.87. The number of aromatic nitrogens is 2. The summed E-state index contributed by atoms with van der Waals surface area (Å²) in [5.41, 5.74) is 20.6. The summed E-state index contributed by atoms with van der Waals surface area (Å²) in [4.78, 5) is 0. The Morgan fingerprint density at radius 2 is 0.774 bits per heavy atom. The summed E-state index contributed by atoms with van der Waals surface area (Å²) in [7, 11) is 0. The van der Waals surface area contributed by atoms with E-state index in [2.05, 4.69) is 215 Å². The van der Waals surface area contributed by atoms with Crippen molar-refractivity contribution in [1.29, 1.82) is 0 Å². The van der Waals surface area contributed by atoms with E-state index in [1.807, 2.05) is 0 Å². The fourth-order valence-corrected chi connectivity index (χ4v) is 11.5. The van der Waals surface area contributed by atoms with E-state index in [0.717, 1.165) is 0 Å². The average Bonchev–Trinajstić information content (AvgIpc) is 3.94. The van der Waals surface area contributed by atoms with Crippen LogP contribution in [-0.2, 0) is 5.41 Å². The molecule has 9 aromatic carbocycles. The standard InChI is InChI=1S/C60H44N2/c1-4-16-40(17-5-1)42-20-14-22-46(34-42)61-56-26-10-8-24-48(56)50-30-28-45(37-58(50)61)44-29-31-54-51(36-44)52-39-59-53(38-55(52)60(54)32-12-3-13-33-60)49-25-9-11-27-57(49)62(59)47-23-15-21-43(35-47)41-18-6-2-7-19-41/h1-2,4-11,14-31,34-39H,3,12-13,32-33H2. The highest BCUT2D eigenvalue weighted by atomic mass is 15.0. The van der Waals surface area contributed by atoms with Crippen LogP contribution in [0.15, 0.2) is 206 Å². The Morgan fingerprint density at radius 1 is 0.290 bits per heavy atom. The molecule has 2 aliphatic rings. The monoisotopic (exact) mass is 792 g/mol.